The lowest BCUT2D eigenvalue weighted by Crippen LogP contribution is -2.14. The molecule has 0 bridgehead atoms. The number of aryl methyl sites for hydroxylation is 2. The number of aromatic nitrogens is 1. The Kier molecular flexibility index (Phi) is 3.76. The molecule has 4 nitrogen and oxygen atoms in total. The maximum atomic E-state index is 13.2. The van der Waals surface area contributed by atoms with Crippen molar-refractivity contribution in [2.24, 2.45) is 0 Å². The van der Waals surface area contributed by atoms with E-state index in [1.54, 1.807) is 25.1 Å². The number of carbonyl (C=O) groups is 1. The molecule has 0 saturated carbocycles. The first-order valence-electron chi connectivity index (χ1n) is 5.96. The largest absolute Gasteiger partial charge is 0.322 e. The SMILES string of the molecule is Cc1ccc(C(=O)Nc2ccc(F)c(C#N)c2)c(C)n1. The van der Waals surface area contributed by atoms with Crippen LogP contribution in [0.3, 0.4) is 0 Å². The van der Waals surface area contributed by atoms with Crippen molar-refractivity contribution in [3.8, 4) is 6.07 Å². The molecule has 2 rings (SSSR count). The molecule has 0 aliphatic carbocycles. The van der Waals surface area contributed by atoms with Gasteiger partial charge in [-0.25, -0.2) is 4.39 Å². The minimum atomic E-state index is -0.612. The van der Waals surface area contributed by atoms with E-state index in [0.717, 1.165) is 11.8 Å². The first-order chi connectivity index (χ1) is 9.51. The third-order valence-electron chi connectivity index (χ3n) is 2.81. The predicted octanol–water partition coefficient (Wildman–Crippen LogP) is 2.96. The van der Waals surface area contributed by atoms with Crippen LogP contribution in [0.25, 0.3) is 0 Å². The Morgan fingerprint density at radius 2 is 2.05 bits per heavy atom. The molecule has 0 radical (unpaired) electrons. The summed E-state index contributed by atoms with van der Waals surface area (Å²) in [7, 11) is 0. The molecular weight excluding hydrogens is 257 g/mol. The smallest absolute Gasteiger partial charge is 0.257 e. The van der Waals surface area contributed by atoms with Crippen LogP contribution in [0, 0.1) is 31.0 Å². The molecule has 100 valence electrons. The Balaban J connectivity index is 2.26. The van der Waals surface area contributed by atoms with Crippen LogP contribution in [0.1, 0.15) is 27.3 Å². The highest BCUT2D eigenvalue weighted by atomic mass is 19.1. The average molecular weight is 269 g/mol. The zero-order valence-electron chi connectivity index (χ0n) is 11.1. The number of nitrogens with one attached hydrogen (secondary N) is 1. The van der Waals surface area contributed by atoms with Crippen LogP contribution in [0.5, 0.6) is 0 Å². The van der Waals surface area contributed by atoms with E-state index < -0.39 is 5.82 Å². The van der Waals surface area contributed by atoms with Crippen LogP contribution in [-0.2, 0) is 0 Å². The van der Waals surface area contributed by atoms with Crippen LogP contribution in [0.4, 0.5) is 10.1 Å². The number of amides is 1. The number of nitrogens with zero attached hydrogens (tertiary/aromatic N) is 2. The summed E-state index contributed by atoms with van der Waals surface area (Å²) in [5.41, 5.74) is 2.14. The maximum Gasteiger partial charge on any atom is 0.257 e. The zero-order valence-corrected chi connectivity index (χ0v) is 11.1. The second-order valence-electron chi connectivity index (χ2n) is 4.35. The van der Waals surface area contributed by atoms with E-state index in [-0.39, 0.29) is 11.5 Å². The van der Waals surface area contributed by atoms with E-state index in [1.165, 1.54) is 12.1 Å². The van der Waals surface area contributed by atoms with Crippen molar-refractivity contribution in [2.45, 2.75) is 13.8 Å². The number of halogens is 1. The molecule has 0 atom stereocenters. The fourth-order valence-corrected chi connectivity index (χ4v) is 1.81. The molecule has 1 amide bonds. The van der Waals surface area contributed by atoms with Gasteiger partial charge in [0.2, 0.25) is 0 Å². The Labute approximate surface area is 115 Å². The standard InChI is InChI=1S/C15H12FN3O/c1-9-3-5-13(10(2)18-9)15(20)19-12-4-6-14(16)11(7-12)8-17/h3-7H,1-2H3,(H,19,20). The van der Waals surface area contributed by atoms with Crippen molar-refractivity contribution >= 4 is 11.6 Å². The van der Waals surface area contributed by atoms with Gasteiger partial charge in [0.05, 0.1) is 16.8 Å². The van der Waals surface area contributed by atoms with Gasteiger partial charge in [0.1, 0.15) is 11.9 Å². The van der Waals surface area contributed by atoms with Gasteiger partial charge in [-0.15, -0.1) is 0 Å². The van der Waals surface area contributed by atoms with Crippen LogP contribution in [-0.4, -0.2) is 10.9 Å². The van der Waals surface area contributed by atoms with Gasteiger partial charge in [0.25, 0.3) is 5.91 Å². The fraction of sp³-hybridized carbons (Fsp3) is 0.133. The number of hydrogen-bond acceptors (Lipinski definition) is 3. The number of nitriles is 1. The fourth-order valence-electron chi connectivity index (χ4n) is 1.81. The highest BCUT2D eigenvalue weighted by Gasteiger charge is 2.11. The molecule has 0 aliphatic rings. The minimum Gasteiger partial charge on any atom is -0.322 e. The van der Waals surface area contributed by atoms with Crippen molar-refractivity contribution in [3.63, 3.8) is 0 Å². The monoisotopic (exact) mass is 269 g/mol. The minimum absolute atomic E-state index is 0.110. The van der Waals surface area contributed by atoms with Crippen LogP contribution in [0.15, 0.2) is 30.3 Å². The van der Waals surface area contributed by atoms with Gasteiger partial charge < -0.3 is 5.32 Å². The van der Waals surface area contributed by atoms with Crippen LogP contribution >= 0.6 is 0 Å². The van der Waals surface area contributed by atoms with Gasteiger partial charge >= 0.3 is 0 Å². The number of hydrogen-bond donors (Lipinski definition) is 1. The van der Waals surface area contributed by atoms with E-state index in [0.29, 0.717) is 16.9 Å². The molecule has 0 aliphatic heterocycles. The summed E-state index contributed by atoms with van der Waals surface area (Å²) >= 11 is 0. The lowest BCUT2D eigenvalue weighted by Gasteiger charge is -2.08. The molecule has 5 heteroatoms. The number of rotatable bonds is 2. The Bertz CT molecular complexity index is 720. The molecule has 1 aromatic heterocycles. The maximum absolute atomic E-state index is 13.2. The lowest BCUT2D eigenvalue weighted by molar-refractivity contribution is 0.102. The van der Waals surface area contributed by atoms with Crippen molar-refractivity contribution < 1.29 is 9.18 Å². The van der Waals surface area contributed by atoms with E-state index in [9.17, 15) is 9.18 Å². The van der Waals surface area contributed by atoms with E-state index >= 15 is 0 Å². The first-order valence-corrected chi connectivity index (χ1v) is 5.96. The Hall–Kier alpha value is -2.74. The molecule has 2 aromatic rings. The molecule has 0 saturated heterocycles. The summed E-state index contributed by atoms with van der Waals surface area (Å²) in [6.45, 7) is 3.58. The number of pyridine rings is 1. The molecule has 0 spiro atoms. The van der Waals surface area contributed by atoms with Gasteiger partial charge in [-0.2, -0.15) is 5.26 Å². The molecule has 1 aromatic carbocycles. The first kappa shape index (κ1) is 13.7. The third-order valence-corrected chi connectivity index (χ3v) is 2.81. The van der Waals surface area contributed by atoms with Crippen molar-refractivity contribution in [2.75, 3.05) is 5.32 Å². The van der Waals surface area contributed by atoms with Gasteiger partial charge in [-0.05, 0) is 44.2 Å². The molecule has 0 fully saturated rings. The number of anilines is 1. The van der Waals surface area contributed by atoms with Gasteiger partial charge in [-0.3, -0.25) is 9.78 Å². The summed E-state index contributed by atoms with van der Waals surface area (Å²) in [5.74, 6) is -0.954. The quantitative estimate of drug-likeness (QED) is 0.911. The Morgan fingerprint density at radius 1 is 1.30 bits per heavy atom. The summed E-state index contributed by atoms with van der Waals surface area (Å²) in [5, 5.41) is 11.4. The van der Waals surface area contributed by atoms with E-state index in [2.05, 4.69) is 10.3 Å². The third kappa shape index (κ3) is 2.81. The topological polar surface area (TPSA) is 65.8 Å². The molecular formula is C15H12FN3O. The van der Waals surface area contributed by atoms with Gasteiger partial charge in [0.15, 0.2) is 0 Å². The predicted molar refractivity (Wildman–Crippen MR) is 72.8 cm³/mol. The Morgan fingerprint density at radius 3 is 2.70 bits per heavy atom. The van der Waals surface area contributed by atoms with Crippen LogP contribution < -0.4 is 5.32 Å². The molecule has 0 unspecified atom stereocenters. The molecule has 1 N–H and O–H groups in total. The summed E-state index contributed by atoms with van der Waals surface area (Å²) < 4.78 is 13.2. The lowest BCUT2D eigenvalue weighted by atomic mass is 10.1. The van der Waals surface area contributed by atoms with Crippen molar-refractivity contribution in [1.82, 2.24) is 4.98 Å². The van der Waals surface area contributed by atoms with Crippen molar-refractivity contribution in [3.05, 3.63) is 58.7 Å². The highest BCUT2D eigenvalue weighted by molar-refractivity contribution is 6.05. The van der Waals surface area contributed by atoms with Crippen LogP contribution in [0.2, 0.25) is 0 Å². The second-order valence-corrected chi connectivity index (χ2v) is 4.35. The average Bonchev–Trinajstić information content (AvgIpc) is 2.40. The van der Waals surface area contributed by atoms with Gasteiger partial charge in [0, 0.05) is 11.4 Å². The molecule has 1 heterocycles. The normalized spacial score (nSPS) is 9.90. The van der Waals surface area contributed by atoms with Gasteiger partial charge in [-0.1, -0.05) is 0 Å². The second kappa shape index (κ2) is 5.49. The zero-order chi connectivity index (χ0) is 14.7. The molecule has 20 heavy (non-hydrogen) atoms. The van der Waals surface area contributed by atoms with E-state index in [4.69, 9.17) is 5.26 Å². The van der Waals surface area contributed by atoms with E-state index in [1.807, 2.05) is 6.92 Å². The summed E-state index contributed by atoms with van der Waals surface area (Å²) in [4.78, 5) is 16.3. The summed E-state index contributed by atoms with van der Waals surface area (Å²) in [6, 6.07) is 9.01. The number of benzene rings is 1. The highest BCUT2D eigenvalue weighted by Crippen LogP contribution is 2.16. The van der Waals surface area contributed by atoms with Crippen molar-refractivity contribution in [1.29, 1.82) is 5.26 Å². The number of carbonyl (C=O) groups excluding carboxylic acids is 1. The summed E-state index contributed by atoms with van der Waals surface area (Å²) in [6.07, 6.45) is 0.